The number of amides is 1. The Kier molecular flexibility index (Phi) is 3.88. The lowest BCUT2D eigenvalue weighted by Gasteiger charge is -2.33. The van der Waals surface area contributed by atoms with E-state index in [2.05, 4.69) is 0 Å². The van der Waals surface area contributed by atoms with Gasteiger partial charge in [0.05, 0.1) is 0 Å². The molecule has 0 N–H and O–H groups in total. The van der Waals surface area contributed by atoms with Crippen LogP contribution >= 0.6 is 0 Å². The van der Waals surface area contributed by atoms with Crippen molar-refractivity contribution in [1.29, 1.82) is 0 Å². The monoisotopic (exact) mass is 267 g/mol. The lowest BCUT2D eigenvalue weighted by molar-refractivity contribution is -0.122. The van der Waals surface area contributed by atoms with Crippen molar-refractivity contribution >= 4 is 11.9 Å². The van der Waals surface area contributed by atoms with Crippen LogP contribution in [0.1, 0.15) is 59.8 Å². The molecule has 1 amide bonds. The first-order chi connectivity index (χ1) is 8.79. The third-order valence-corrected chi connectivity index (χ3v) is 4.19. The molecule has 2 heterocycles. The first-order valence-corrected chi connectivity index (χ1v) is 7.31. The van der Waals surface area contributed by atoms with Crippen molar-refractivity contribution in [1.82, 2.24) is 4.90 Å². The molecule has 2 bridgehead atoms. The number of ketones is 1. The van der Waals surface area contributed by atoms with Gasteiger partial charge in [0.15, 0.2) is 0 Å². The molecule has 4 heteroatoms. The van der Waals surface area contributed by atoms with Crippen LogP contribution in [0.15, 0.2) is 0 Å². The highest BCUT2D eigenvalue weighted by molar-refractivity contribution is 5.80. The fourth-order valence-electron chi connectivity index (χ4n) is 3.43. The predicted octanol–water partition coefficient (Wildman–Crippen LogP) is 3.14. The zero-order valence-corrected chi connectivity index (χ0v) is 12.4. The van der Waals surface area contributed by atoms with Gasteiger partial charge in [0, 0.05) is 18.0 Å². The SMILES string of the molecule is CC(=O)C1CCC[C@H]2CC[C@@H]1N2C(=O)OC(C)(C)C. The van der Waals surface area contributed by atoms with Crippen molar-refractivity contribution < 1.29 is 14.3 Å². The van der Waals surface area contributed by atoms with Crippen LogP contribution in [0, 0.1) is 5.92 Å². The van der Waals surface area contributed by atoms with E-state index in [-0.39, 0.29) is 29.9 Å². The molecule has 19 heavy (non-hydrogen) atoms. The molecular formula is C15H25NO3. The second-order valence-corrected chi connectivity index (χ2v) is 6.83. The number of carbonyl (C=O) groups excluding carboxylic acids is 2. The van der Waals surface area contributed by atoms with Gasteiger partial charge in [-0.25, -0.2) is 4.79 Å². The van der Waals surface area contributed by atoms with Crippen LogP contribution in [-0.4, -0.2) is 34.5 Å². The number of ether oxygens (including phenoxy) is 1. The standard InChI is InChI=1S/C15H25NO3/c1-10(17)12-7-5-6-11-8-9-13(12)16(11)14(18)19-15(2,3)4/h11-13H,5-9H2,1-4H3/t11-,12?,13-/m0/s1. The van der Waals surface area contributed by atoms with Gasteiger partial charge in [-0.15, -0.1) is 0 Å². The molecule has 4 nitrogen and oxygen atoms in total. The maximum atomic E-state index is 12.4. The smallest absolute Gasteiger partial charge is 0.410 e. The van der Waals surface area contributed by atoms with E-state index in [0.29, 0.717) is 0 Å². The van der Waals surface area contributed by atoms with Crippen LogP contribution < -0.4 is 0 Å². The van der Waals surface area contributed by atoms with Gasteiger partial charge in [0.2, 0.25) is 0 Å². The zero-order chi connectivity index (χ0) is 14.2. The Labute approximate surface area is 115 Å². The Morgan fingerprint density at radius 1 is 1.11 bits per heavy atom. The number of nitrogens with zero attached hydrogens (tertiary/aromatic N) is 1. The molecule has 0 aromatic heterocycles. The highest BCUT2D eigenvalue weighted by Gasteiger charge is 2.45. The van der Waals surface area contributed by atoms with E-state index in [0.717, 1.165) is 32.1 Å². The van der Waals surface area contributed by atoms with Gasteiger partial charge in [-0.1, -0.05) is 6.42 Å². The largest absolute Gasteiger partial charge is 0.444 e. The molecule has 2 fully saturated rings. The van der Waals surface area contributed by atoms with Gasteiger partial charge < -0.3 is 9.64 Å². The van der Waals surface area contributed by atoms with Gasteiger partial charge in [-0.2, -0.15) is 0 Å². The van der Waals surface area contributed by atoms with Crippen LogP contribution in [0.25, 0.3) is 0 Å². The predicted molar refractivity (Wildman–Crippen MR) is 72.9 cm³/mol. The summed E-state index contributed by atoms with van der Waals surface area (Å²) in [7, 11) is 0. The summed E-state index contributed by atoms with van der Waals surface area (Å²) >= 11 is 0. The van der Waals surface area contributed by atoms with Crippen LogP contribution in [-0.2, 0) is 9.53 Å². The molecule has 0 aromatic rings. The van der Waals surface area contributed by atoms with E-state index < -0.39 is 5.60 Å². The van der Waals surface area contributed by atoms with E-state index in [9.17, 15) is 9.59 Å². The quantitative estimate of drug-likeness (QED) is 0.733. The second kappa shape index (κ2) is 5.14. The normalized spacial score (nSPS) is 30.9. The Morgan fingerprint density at radius 3 is 2.37 bits per heavy atom. The number of rotatable bonds is 1. The van der Waals surface area contributed by atoms with E-state index in [1.807, 2.05) is 25.7 Å². The van der Waals surface area contributed by atoms with Gasteiger partial charge in [-0.05, 0) is 53.4 Å². The summed E-state index contributed by atoms with van der Waals surface area (Å²) in [5.74, 6) is 0.209. The van der Waals surface area contributed by atoms with Gasteiger partial charge >= 0.3 is 6.09 Å². The van der Waals surface area contributed by atoms with Crippen molar-refractivity contribution in [3.8, 4) is 0 Å². The summed E-state index contributed by atoms with van der Waals surface area (Å²) in [6.07, 6.45) is 4.65. The van der Waals surface area contributed by atoms with Gasteiger partial charge in [0.25, 0.3) is 0 Å². The lowest BCUT2D eigenvalue weighted by Crippen LogP contribution is -2.46. The molecule has 2 aliphatic heterocycles. The molecule has 2 saturated heterocycles. The summed E-state index contributed by atoms with van der Waals surface area (Å²) < 4.78 is 5.52. The first-order valence-electron chi connectivity index (χ1n) is 7.31. The summed E-state index contributed by atoms with van der Waals surface area (Å²) in [6.45, 7) is 7.30. The van der Waals surface area contributed by atoms with E-state index in [1.165, 1.54) is 0 Å². The van der Waals surface area contributed by atoms with E-state index >= 15 is 0 Å². The minimum atomic E-state index is -0.478. The maximum absolute atomic E-state index is 12.4. The minimum Gasteiger partial charge on any atom is -0.444 e. The fourth-order valence-corrected chi connectivity index (χ4v) is 3.43. The van der Waals surface area contributed by atoms with Crippen molar-refractivity contribution in [3.05, 3.63) is 0 Å². The molecule has 0 aromatic carbocycles. The highest BCUT2D eigenvalue weighted by Crippen LogP contribution is 2.38. The molecule has 108 valence electrons. The molecule has 3 atom stereocenters. The van der Waals surface area contributed by atoms with Crippen LogP contribution in [0.2, 0.25) is 0 Å². The van der Waals surface area contributed by atoms with Crippen molar-refractivity contribution in [2.75, 3.05) is 0 Å². The Hall–Kier alpha value is -1.06. The zero-order valence-electron chi connectivity index (χ0n) is 12.4. The summed E-state index contributed by atoms with van der Waals surface area (Å²) in [5.41, 5.74) is -0.478. The first kappa shape index (κ1) is 14.4. The Bertz CT molecular complexity index is 372. The molecule has 1 unspecified atom stereocenters. The van der Waals surface area contributed by atoms with Crippen LogP contribution in [0.3, 0.4) is 0 Å². The average Bonchev–Trinajstić information content (AvgIpc) is 2.51. The Morgan fingerprint density at radius 2 is 1.79 bits per heavy atom. The number of carbonyl (C=O) groups is 2. The van der Waals surface area contributed by atoms with Gasteiger partial charge in [0.1, 0.15) is 11.4 Å². The van der Waals surface area contributed by atoms with E-state index in [4.69, 9.17) is 4.74 Å². The summed E-state index contributed by atoms with van der Waals surface area (Å²) in [5, 5.41) is 0. The third kappa shape index (κ3) is 3.10. The van der Waals surface area contributed by atoms with Crippen molar-refractivity contribution in [3.63, 3.8) is 0 Å². The maximum Gasteiger partial charge on any atom is 0.410 e. The Balaban J connectivity index is 2.18. The summed E-state index contributed by atoms with van der Waals surface area (Å²) in [6, 6.07) is 0.323. The van der Waals surface area contributed by atoms with Crippen molar-refractivity contribution in [2.24, 2.45) is 5.92 Å². The molecule has 2 aliphatic rings. The number of hydrogen-bond donors (Lipinski definition) is 0. The third-order valence-electron chi connectivity index (χ3n) is 4.19. The number of fused-ring (bicyclic) bond motifs is 2. The second-order valence-electron chi connectivity index (χ2n) is 6.83. The molecule has 0 spiro atoms. The molecule has 0 saturated carbocycles. The average molecular weight is 267 g/mol. The summed E-state index contributed by atoms with van der Waals surface area (Å²) in [4.78, 5) is 26.1. The number of Topliss-reactive ketones (excluding diaryl/α,β-unsaturated/α-hetero) is 1. The molecule has 2 rings (SSSR count). The minimum absolute atomic E-state index is 0.0000170. The van der Waals surface area contributed by atoms with Gasteiger partial charge in [-0.3, -0.25) is 4.79 Å². The molecular weight excluding hydrogens is 242 g/mol. The number of hydrogen-bond acceptors (Lipinski definition) is 3. The lowest BCUT2D eigenvalue weighted by atomic mass is 9.88. The molecule has 0 aliphatic carbocycles. The topological polar surface area (TPSA) is 46.6 Å². The van der Waals surface area contributed by atoms with Crippen molar-refractivity contribution in [2.45, 2.75) is 77.5 Å². The van der Waals surface area contributed by atoms with Crippen LogP contribution in [0.5, 0.6) is 0 Å². The van der Waals surface area contributed by atoms with Crippen LogP contribution in [0.4, 0.5) is 4.79 Å². The highest BCUT2D eigenvalue weighted by atomic mass is 16.6. The van der Waals surface area contributed by atoms with E-state index in [1.54, 1.807) is 6.92 Å². The molecule has 0 radical (unpaired) electrons. The fraction of sp³-hybridized carbons (Fsp3) is 0.867.